The molecule has 0 bridgehead atoms. The molecular formula is C10H18O5. The van der Waals surface area contributed by atoms with Crippen molar-refractivity contribution in [2.24, 2.45) is 0 Å². The minimum atomic E-state index is -0.870. The first-order valence-electron chi connectivity index (χ1n) is 5.10. The normalized spacial score (nSPS) is 26.3. The van der Waals surface area contributed by atoms with Crippen LogP contribution in [-0.4, -0.2) is 42.3 Å². The van der Waals surface area contributed by atoms with Gasteiger partial charge in [-0.25, -0.2) is 0 Å². The van der Waals surface area contributed by atoms with Crippen LogP contribution in [0.4, 0.5) is 0 Å². The number of rotatable bonds is 4. The van der Waals surface area contributed by atoms with Gasteiger partial charge in [-0.1, -0.05) is 0 Å². The molecule has 15 heavy (non-hydrogen) atoms. The summed E-state index contributed by atoms with van der Waals surface area (Å²) in [5.74, 6) is -1.10. The Bertz CT molecular complexity index is 226. The molecule has 88 valence electrons. The van der Waals surface area contributed by atoms with Crippen LogP contribution in [-0.2, 0) is 19.0 Å². The van der Waals surface area contributed by atoms with Crippen LogP contribution in [0.15, 0.2) is 0 Å². The van der Waals surface area contributed by atoms with Gasteiger partial charge in [-0.15, -0.1) is 0 Å². The summed E-state index contributed by atoms with van der Waals surface area (Å²) in [5.41, 5.74) is 0. The van der Waals surface area contributed by atoms with Gasteiger partial charge in [0.1, 0.15) is 6.10 Å². The van der Waals surface area contributed by atoms with Crippen molar-refractivity contribution in [1.82, 2.24) is 0 Å². The van der Waals surface area contributed by atoms with Gasteiger partial charge in [0.2, 0.25) is 0 Å². The quantitative estimate of drug-likeness (QED) is 0.694. The van der Waals surface area contributed by atoms with E-state index in [0.717, 1.165) is 0 Å². The average molecular weight is 218 g/mol. The Morgan fingerprint density at radius 3 is 2.80 bits per heavy atom. The number of carbonyl (C=O) groups is 1. The fourth-order valence-corrected chi connectivity index (χ4v) is 1.43. The highest BCUT2D eigenvalue weighted by Crippen LogP contribution is 2.25. The molecule has 0 radical (unpaired) electrons. The number of hydrogen-bond donors (Lipinski definition) is 1. The van der Waals surface area contributed by atoms with Gasteiger partial charge in [0.25, 0.3) is 0 Å². The topological polar surface area (TPSA) is 65.0 Å². The second kappa shape index (κ2) is 4.92. The Labute approximate surface area is 89.3 Å². The largest absolute Gasteiger partial charge is 0.466 e. The van der Waals surface area contributed by atoms with Crippen LogP contribution in [0.1, 0.15) is 27.2 Å². The highest BCUT2D eigenvalue weighted by Gasteiger charge is 2.37. The van der Waals surface area contributed by atoms with Crippen molar-refractivity contribution in [1.29, 1.82) is 0 Å². The average Bonchev–Trinajstić information content (AvgIpc) is 2.46. The maximum atomic E-state index is 11.1. The van der Waals surface area contributed by atoms with E-state index in [1.54, 1.807) is 20.8 Å². The van der Waals surface area contributed by atoms with Gasteiger partial charge in [-0.3, -0.25) is 4.79 Å². The SMILES string of the molecule is CCOC(=O)C[C@H](O)[C@H]1COC(C)(C)O1. The Morgan fingerprint density at radius 2 is 2.33 bits per heavy atom. The van der Waals surface area contributed by atoms with Crippen LogP contribution >= 0.6 is 0 Å². The second-order valence-corrected chi connectivity index (χ2v) is 3.94. The van der Waals surface area contributed by atoms with E-state index >= 15 is 0 Å². The number of ether oxygens (including phenoxy) is 3. The zero-order valence-corrected chi connectivity index (χ0v) is 9.36. The summed E-state index contributed by atoms with van der Waals surface area (Å²) in [6.45, 7) is 5.88. The Kier molecular flexibility index (Phi) is 4.07. The van der Waals surface area contributed by atoms with E-state index in [2.05, 4.69) is 0 Å². The Hall–Kier alpha value is -0.650. The maximum absolute atomic E-state index is 11.1. The third kappa shape index (κ3) is 3.77. The van der Waals surface area contributed by atoms with Crippen molar-refractivity contribution in [3.63, 3.8) is 0 Å². The fraction of sp³-hybridized carbons (Fsp3) is 0.900. The lowest BCUT2D eigenvalue weighted by Gasteiger charge is -2.19. The lowest BCUT2D eigenvalue weighted by atomic mass is 10.1. The molecule has 1 rings (SSSR count). The van der Waals surface area contributed by atoms with E-state index in [4.69, 9.17) is 14.2 Å². The van der Waals surface area contributed by atoms with Crippen LogP contribution in [0.2, 0.25) is 0 Å². The third-order valence-electron chi connectivity index (χ3n) is 2.14. The first-order chi connectivity index (χ1) is 6.94. The zero-order valence-electron chi connectivity index (χ0n) is 9.36. The molecule has 1 heterocycles. The first kappa shape index (κ1) is 12.4. The van der Waals surface area contributed by atoms with Gasteiger partial charge in [0.05, 0.1) is 25.7 Å². The molecule has 0 aliphatic carbocycles. The van der Waals surface area contributed by atoms with Gasteiger partial charge in [0.15, 0.2) is 5.79 Å². The van der Waals surface area contributed by atoms with Gasteiger partial charge < -0.3 is 19.3 Å². The molecule has 5 nitrogen and oxygen atoms in total. The van der Waals surface area contributed by atoms with Crippen LogP contribution in [0.3, 0.4) is 0 Å². The number of esters is 1. The van der Waals surface area contributed by atoms with E-state index in [1.165, 1.54) is 0 Å². The highest BCUT2D eigenvalue weighted by atomic mass is 16.7. The van der Waals surface area contributed by atoms with Crippen molar-refractivity contribution in [2.45, 2.75) is 45.2 Å². The van der Waals surface area contributed by atoms with Crippen molar-refractivity contribution in [3.8, 4) is 0 Å². The molecule has 0 amide bonds. The molecule has 0 aromatic heterocycles. The number of carbonyl (C=O) groups excluding carboxylic acids is 1. The van der Waals surface area contributed by atoms with Crippen molar-refractivity contribution in [3.05, 3.63) is 0 Å². The van der Waals surface area contributed by atoms with Gasteiger partial charge in [0, 0.05) is 0 Å². The molecule has 5 heteroatoms. The molecule has 0 aromatic carbocycles. The molecule has 1 saturated heterocycles. The predicted octanol–water partition coefficient (Wildman–Crippen LogP) is 0.452. The van der Waals surface area contributed by atoms with Crippen LogP contribution in [0, 0.1) is 0 Å². The van der Waals surface area contributed by atoms with Crippen molar-refractivity contribution < 1.29 is 24.1 Å². The summed E-state index contributed by atoms with van der Waals surface area (Å²) in [5, 5.41) is 9.67. The molecule has 1 aliphatic heterocycles. The molecule has 2 atom stereocenters. The van der Waals surface area contributed by atoms with Crippen molar-refractivity contribution >= 4 is 5.97 Å². The minimum Gasteiger partial charge on any atom is -0.466 e. The molecule has 1 aliphatic rings. The summed E-state index contributed by atoms with van der Waals surface area (Å²) >= 11 is 0. The summed E-state index contributed by atoms with van der Waals surface area (Å²) in [4.78, 5) is 11.1. The van der Waals surface area contributed by atoms with Gasteiger partial charge in [-0.2, -0.15) is 0 Å². The molecule has 0 spiro atoms. The monoisotopic (exact) mass is 218 g/mol. The lowest BCUT2D eigenvalue weighted by molar-refractivity contribution is -0.159. The highest BCUT2D eigenvalue weighted by molar-refractivity contribution is 5.69. The minimum absolute atomic E-state index is 0.0576. The van der Waals surface area contributed by atoms with E-state index in [0.29, 0.717) is 13.2 Å². The van der Waals surface area contributed by atoms with Crippen LogP contribution in [0.25, 0.3) is 0 Å². The van der Waals surface area contributed by atoms with Crippen LogP contribution in [0.5, 0.6) is 0 Å². The molecule has 0 unspecified atom stereocenters. The summed E-state index contributed by atoms with van der Waals surface area (Å²) in [6.07, 6.45) is -1.38. The maximum Gasteiger partial charge on any atom is 0.308 e. The molecule has 1 N–H and O–H groups in total. The standard InChI is InChI=1S/C10H18O5/c1-4-13-9(12)5-7(11)8-6-14-10(2,3)15-8/h7-8,11H,4-6H2,1-3H3/t7-,8+/m0/s1. The first-order valence-corrected chi connectivity index (χ1v) is 5.10. The lowest BCUT2D eigenvalue weighted by Crippen LogP contribution is -2.32. The zero-order chi connectivity index (χ0) is 11.5. The van der Waals surface area contributed by atoms with E-state index in [1.807, 2.05) is 0 Å². The summed E-state index contributed by atoms with van der Waals surface area (Å²) < 4.78 is 15.4. The number of aliphatic hydroxyl groups excluding tert-OH is 1. The Balaban J connectivity index is 2.35. The predicted molar refractivity (Wildman–Crippen MR) is 52.2 cm³/mol. The van der Waals surface area contributed by atoms with Gasteiger partial charge >= 0.3 is 5.97 Å². The van der Waals surface area contributed by atoms with E-state index in [-0.39, 0.29) is 6.42 Å². The molecule has 1 fully saturated rings. The fourth-order valence-electron chi connectivity index (χ4n) is 1.43. The summed E-state index contributed by atoms with van der Waals surface area (Å²) in [6, 6.07) is 0. The second-order valence-electron chi connectivity index (χ2n) is 3.94. The van der Waals surface area contributed by atoms with Crippen molar-refractivity contribution in [2.75, 3.05) is 13.2 Å². The van der Waals surface area contributed by atoms with Gasteiger partial charge in [-0.05, 0) is 20.8 Å². The third-order valence-corrected chi connectivity index (χ3v) is 2.14. The summed E-state index contributed by atoms with van der Waals surface area (Å²) in [7, 11) is 0. The molecule has 0 aromatic rings. The Morgan fingerprint density at radius 1 is 1.67 bits per heavy atom. The van der Waals surface area contributed by atoms with Crippen LogP contribution < -0.4 is 0 Å². The number of hydrogen-bond acceptors (Lipinski definition) is 5. The van der Waals surface area contributed by atoms with E-state index < -0.39 is 24.0 Å². The molecule has 0 saturated carbocycles. The smallest absolute Gasteiger partial charge is 0.308 e. The molecular weight excluding hydrogens is 200 g/mol. The van der Waals surface area contributed by atoms with E-state index in [9.17, 15) is 9.90 Å². The number of aliphatic hydroxyl groups is 1.